The fraction of sp³-hybridized carbons (Fsp3) is 0.105. The van der Waals surface area contributed by atoms with Crippen molar-refractivity contribution in [3.05, 3.63) is 82.0 Å². The third kappa shape index (κ3) is 3.62. The number of rotatable bonds is 5. The molecule has 0 atom stereocenters. The fourth-order valence-electron chi connectivity index (χ4n) is 2.32. The van der Waals surface area contributed by atoms with Gasteiger partial charge in [-0.05, 0) is 29.7 Å². The van der Waals surface area contributed by atoms with Crippen LogP contribution in [0.25, 0.3) is 11.1 Å². The Morgan fingerprint density at radius 1 is 1.00 bits per heavy atom. The Hall–Kier alpha value is -2.39. The van der Waals surface area contributed by atoms with E-state index in [4.69, 9.17) is 0 Å². The van der Waals surface area contributed by atoms with Crippen molar-refractivity contribution >= 4 is 17.6 Å². The Morgan fingerprint density at radius 2 is 1.68 bits per heavy atom. The maximum atomic E-state index is 4.28. The van der Waals surface area contributed by atoms with Gasteiger partial charge in [0.1, 0.15) is 0 Å². The van der Waals surface area contributed by atoms with E-state index in [1.54, 1.807) is 0 Å². The summed E-state index contributed by atoms with van der Waals surface area (Å²) in [6, 6.07) is 22.9. The van der Waals surface area contributed by atoms with Gasteiger partial charge in [0.15, 0.2) is 0 Å². The fourth-order valence-corrected chi connectivity index (χ4v) is 3.31. The maximum Gasteiger partial charge on any atom is 0.0673 e. The number of hydrogen-bond donors (Lipinski definition) is 1. The molecule has 0 bridgehead atoms. The average Bonchev–Trinajstić information content (AvgIpc) is 2.94. The third-order valence-corrected chi connectivity index (χ3v) is 4.46. The molecule has 2 nitrogen and oxygen atoms in total. The Bertz CT molecular complexity index is 746. The van der Waals surface area contributed by atoms with Gasteiger partial charge in [-0.25, -0.2) is 0 Å². The first kappa shape index (κ1) is 14.5. The van der Waals surface area contributed by atoms with Crippen molar-refractivity contribution in [2.45, 2.75) is 13.5 Å². The van der Waals surface area contributed by atoms with Crippen LogP contribution in [0.2, 0.25) is 0 Å². The van der Waals surface area contributed by atoms with Gasteiger partial charge in [-0.2, -0.15) is 5.10 Å². The highest BCUT2D eigenvalue weighted by atomic mass is 32.1. The van der Waals surface area contributed by atoms with Crippen molar-refractivity contribution in [1.29, 1.82) is 0 Å². The first-order valence-electron chi connectivity index (χ1n) is 7.28. The lowest BCUT2D eigenvalue weighted by molar-refractivity contribution is 0.758. The summed E-state index contributed by atoms with van der Waals surface area (Å²) in [4.78, 5) is 2.64. The second kappa shape index (κ2) is 7.05. The predicted molar refractivity (Wildman–Crippen MR) is 95.4 cm³/mol. The van der Waals surface area contributed by atoms with Crippen molar-refractivity contribution < 1.29 is 0 Å². The highest BCUT2D eigenvalue weighted by Gasteiger charge is 2.06. The molecule has 0 aliphatic rings. The first-order chi connectivity index (χ1) is 10.8. The monoisotopic (exact) mass is 306 g/mol. The zero-order valence-electron chi connectivity index (χ0n) is 12.5. The summed E-state index contributed by atoms with van der Waals surface area (Å²) >= 11 is 1.82. The van der Waals surface area contributed by atoms with E-state index in [9.17, 15) is 0 Å². The second-order valence-corrected chi connectivity index (χ2v) is 6.39. The Balaban J connectivity index is 1.63. The molecule has 1 N–H and O–H groups in total. The topological polar surface area (TPSA) is 24.4 Å². The third-order valence-electron chi connectivity index (χ3n) is 3.41. The minimum absolute atomic E-state index is 0.752. The summed E-state index contributed by atoms with van der Waals surface area (Å²) in [7, 11) is 0. The maximum absolute atomic E-state index is 4.28. The summed E-state index contributed by atoms with van der Waals surface area (Å²) in [6.07, 6.45) is 1.85. The van der Waals surface area contributed by atoms with E-state index in [-0.39, 0.29) is 0 Å². The Kier molecular flexibility index (Phi) is 4.66. The highest BCUT2D eigenvalue weighted by molar-refractivity contribution is 7.12. The number of benzene rings is 2. The van der Waals surface area contributed by atoms with Gasteiger partial charge in [-0.3, -0.25) is 0 Å². The lowest BCUT2D eigenvalue weighted by Crippen LogP contribution is -2.03. The number of thiophene rings is 1. The number of hydrazone groups is 1. The zero-order valence-corrected chi connectivity index (χ0v) is 13.3. The number of nitrogens with zero attached hydrogens (tertiary/aromatic N) is 1. The van der Waals surface area contributed by atoms with Crippen molar-refractivity contribution in [3.63, 3.8) is 0 Å². The van der Waals surface area contributed by atoms with E-state index in [1.807, 2.05) is 53.9 Å². The Morgan fingerprint density at radius 3 is 2.41 bits per heavy atom. The van der Waals surface area contributed by atoms with Crippen molar-refractivity contribution in [2.24, 2.45) is 5.10 Å². The summed E-state index contributed by atoms with van der Waals surface area (Å²) in [6.45, 7) is 2.92. The van der Waals surface area contributed by atoms with Crippen molar-refractivity contribution in [2.75, 3.05) is 0 Å². The number of aryl methyl sites for hydroxylation is 1. The van der Waals surface area contributed by atoms with Crippen LogP contribution in [0.3, 0.4) is 0 Å². The lowest BCUT2D eigenvalue weighted by atomic mass is 10.1. The zero-order chi connectivity index (χ0) is 15.2. The molecule has 0 aliphatic heterocycles. The smallest absolute Gasteiger partial charge is 0.0673 e. The largest absolute Gasteiger partial charge is 0.305 e. The number of hydrogen-bond acceptors (Lipinski definition) is 3. The van der Waals surface area contributed by atoms with Crippen LogP contribution in [0.15, 0.2) is 71.8 Å². The van der Waals surface area contributed by atoms with E-state index >= 15 is 0 Å². The van der Waals surface area contributed by atoms with Crippen LogP contribution in [-0.4, -0.2) is 6.21 Å². The molecule has 2 aromatic carbocycles. The SMILES string of the molecule is Cc1sc(CNN=Cc2ccccc2)cc1-c1ccccc1. The molecule has 0 saturated carbocycles. The molecule has 1 aromatic heterocycles. The quantitative estimate of drug-likeness (QED) is 0.529. The molecule has 3 heteroatoms. The van der Waals surface area contributed by atoms with E-state index < -0.39 is 0 Å². The molecule has 22 heavy (non-hydrogen) atoms. The van der Waals surface area contributed by atoms with Gasteiger partial charge in [-0.1, -0.05) is 60.7 Å². The lowest BCUT2D eigenvalue weighted by Gasteiger charge is -1.98. The highest BCUT2D eigenvalue weighted by Crippen LogP contribution is 2.30. The molecule has 0 radical (unpaired) electrons. The van der Waals surface area contributed by atoms with Crippen LogP contribution in [0, 0.1) is 6.92 Å². The summed E-state index contributed by atoms with van der Waals surface area (Å²) in [5.74, 6) is 0. The van der Waals surface area contributed by atoms with Crippen LogP contribution in [0.4, 0.5) is 0 Å². The molecular formula is C19H18N2S. The number of nitrogens with one attached hydrogen (secondary N) is 1. The molecule has 1 heterocycles. The summed E-state index contributed by atoms with van der Waals surface area (Å²) < 4.78 is 0. The van der Waals surface area contributed by atoms with Gasteiger partial charge in [-0.15, -0.1) is 11.3 Å². The molecule has 0 saturated heterocycles. The normalized spacial score (nSPS) is 11.0. The molecule has 0 aliphatic carbocycles. The molecular weight excluding hydrogens is 288 g/mol. The predicted octanol–water partition coefficient (Wildman–Crippen LogP) is 4.85. The van der Waals surface area contributed by atoms with Gasteiger partial charge in [0.2, 0.25) is 0 Å². The molecule has 0 unspecified atom stereocenters. The molecule has 0 fully saturated rings. The first-order valence-corrected chi connectivity index (χ1v) is 8.10. The van der Waals surface area contributed by atoms with Gasteiger partial charge in [0.05, 0.1) is 12.8 Å². The minimum atomic E-state index is 0.752. The molecule has 0 amide bonds. The van der Waals surface area contributed by atoms with E-state index in [2.05, 4.69) is 47.8 Å². The van der Waals surface area contributed by atoms with Crippen molar-refractivity contribution in [1.82, 2.24) is 5.43 Å². The Labute approximate surface area is 135 Å². The van der Waals surface area contributed by atoms with Crippen LogP contribution in [0.5, 0.6) is 0 Å². The van der Waals surface area contributed by atoms with E-state index in [0.717, 1.165) is 12.1 Å². The van der Waals surface area contributed by atoms with Gasteiger partial charge in [0.25, 0.3) is 0 Å². The standard InChI is InChI=1S/C19H18N2S/c1-15-19(17-10-6-3-7-11-17)12-18(22-15)14-21-20-13-16-8-4-2-5-9-16/h2-13,21H,14H2,1H3. The van der Waals surface area contributed by atoms with E-state index in [1.165, 1.54) is 20.9 Å². The summed E-state index contributed by atoms with van der Waals surface area (Å²) in [5.41, 5.74) is 6.81. The van der Waals surface area contributed by atoms with Gasteiger partial charge in [0, 0.05) is 9.75 Å². The summed E-state index contributed by atoms with van der Waals surface area (Å²) in [5, 5.41) is 4.28. The molecule has 3 aromatic rings. The van der Waals surface area contributed by atoms with E-state index in [0.29, 0.717) is 0 Å². The van der Waals surface area contributed by atoms with Crippen LogP contribution in [0.1, 0.15) is 15.3 Å². The van der Waals surface area contributed by atoms with Crippen LogP contribution in [-0.2, 0) is 6.54 Å². The minimum Gasteiger partial charge on any atom is -0.305 e. The average molecular weight is 306 g/mol. The molecule has 110 valence electrons. The van der Waals surface area contributed by atoms with Crippen molar-refractivity contribution in [3.8, 4) is 11.1 Å². The van der Waals surface area contributed by atoms with Gasteiger partial charge >= 0.3 is 0 Å². The van der Waals surface area contributed by atoms with Crippen LogP contribution >= 0.6 is 11.3 Å². The molecule has 0 spiro atoms. The van der Waals surface area contributed by atoms with Gasteiger partial charge < -0.3 is 5.43 Å². The second-order valence-electron chi connectivity index (χ2n) is 5.05. The molecule has 3 rings (SSSR count). The van der Waals surface area contributed by atoms with Crippen LogP contribution < -0.4 is 5.43 Å².